The van der Waals surface area contributed by atoms with E-state index in [0.29, 0.717) is 47.4 Å². The number of anilines is 5. The number of pyridine rings is 1. The molecule has 1 atom stereocenters. The lowest BCUT2D eigenvalue weighted by Crippen LogP contribution is -2.49. The van der Waals surface area contributed by atoms with Crippen LogP contribution >= 0.6 is 11.3 Å². The van der Waals surface area contributed by atoms with Gasteiger partial charge in [-0.3, -0.25) is 24.5 Å². The zero-order valence-corrected chi connectivity index (χ0v) is 37.9. The molecule has 0 radical (unpaired) electrons. The van der Waals surface area contributed by atoms with Gasteiger partial charge >= 0.3 is 0 Å². The fourth-order valence-electron chi connectivity index (χ4n) is 8.41. The molecule has 8 rings (SSSR count). The molecule has 63 heavy (non-hydrogen) atoms. The summed E-state index contributed by atoms with van der Waals surface area (Å²) in [5, 5.41) is 6.57. The lowest BCUT2D eigenvalue weighted by Gasteiger charge is -2.40. The topological polar surface area (TPSA) is 166 Å². The summed E-state index contributed by atoms with van der Waals surface area (Å²) in [5.41, 5.74) is 3.56. The predicted molar refractivity (Wildman–Crippen MR) is 248 cm³/mol. The highest BCUT2D eigenvalue weighted by molar-refractivity contribution is 7.92. The Morgan fingerprint density at radius 3 is 2.33 bits per heavy atom. The summed E-state index contributed by atoms with van der Waals surface area (Å²) in [4.78, 5) is 50.7. The van der Waals surface area contributed by atoms with E-state index >= 15 is 4.39 Å². The second-order valence-corrected chi connectivity index (χ2v) is 20.5. The van der Waals surface area contributed by atoms with Crippen LogP contribution < -0.4 is 25.2 Å². The van der Waals surface area contributed by atoms with Crippen LogP contribution in [0.2, 0.25) is 0 Å². The summed E-state index contributed by atoms with van der Waals surface area (Å²) in [7, 11) is -3.71. The Kier molecular flexibility index (Phi) is 13.1. The van der Waals surface area contributed by atoms with Gasteiger partial charge in [0.1, 0.15) is 5.82 Å². The molecule has 0 saturated carbocycles. The maximum Gasteiger partial charge on any atom is 0.234 e. The van der Waals surface area contributed by atoms with Gasteiger partial charge in [0.25, 0.3) is 0 Å². The molecule has 14 nitrogen and oxygen atoms in total. The van der Waals surface area contributed by atoms with E-state index in [1.165, 1.54) is 17.4 Å². The summed E-state index contributed by atoms with van der Waals surface area (Å²) < 4.78 is 43.5. The van der Waals surface area contributed by atoms with Crippen LogP contribution in [0.1, 0.15) is 76.3 Å². The molecular weight excluding hydrogens is 840 g/mol. The first-order valence-electron chi connectivity index (χ1n) is 21.8. The minimum Gasteiger partial charge on any atom is -0.369 e. The normalized spacial score (nSPS) is 18.1. The minimum absolute atomic E-state index is 0.110. The van der Waals surface area contributed by atoms with Crippen LogP contribution in [0.15, 0.2) is 73.1 Å². The van der Waals surface area contributed by atoms with Crippen molar-refractivity contribution < 1.29 is 22.4 Å². The van der Waals surface area contributed by atoms with Crippen LogP contribution in [0.25, 0.3) is 21.8 Å². The van der Waals surface area contributed by atoms with Crippen LogP contribution in [-0.2, 0) is 25.0 Å². The van der Waals surface area contributed by atoms with E-state index in [1.54, 1.807) is 37.5 Å². The molecule has 17 heteroatoms. The molecule has 3 saturated heterocycles. The Hall–Kier alpha value is -5.52. The number of carbonyl (C=O) groups excluding carboxylic acids is 2. The molecule has 3 aromatic heterocycles. The highest BCUT2D eigenvalue weighted by atomic mass is 32.2. The molecule has 2 amide bonds. The van der Waals surface area contributed by atoms with Crippen LogP contribution in [0.3, 0.4) is 0 Å². The van der Waals surface area contributed by atoms with Crippen LogP contribution in [0, 0.1) is 11.7 Å². The number of hydrogen-bond acceptors (Lipinski definition) is 13. The number of carbonyl (C=O) groups is 2. The zero-order valence-electron chi connectivity index (χ0n) is 36.2. The van der Waals surface area contributed by atoms with Gasteiger partial charge in [0, 0.05) is 87.0 Å². The first kappa shape index (κ1) is 44.1. The maximum atomic E-state index is 16.1. The highest BCUT2D eigenvalue weighted by Crippen LogP contribution is 2.42. The molecule has 332 valence electrons. The molecule has 3 fully saturated rings. The number of halogens is 1. The number of nitrogens with zero attached hydrogens (tertiary/aromatic N) is 7. The van der Waals surface area contributed by atoms with Crippen molar-refractivity contribution >= 4 is 62.0 Å². The third-order valence-electron chi connectivity index (χ3n) is 11.9. The highest BCUT2D eigenvalue weighted by Gasteiger charge is 2.30. The molecule has 3 N–H and O–H groups in total. The summed E-state index contributed by atoms with van der Waals surface area (Å²) in [5.74, 6) is 0.402. The first-order valence-corrected chi connectivity index (χ1v) is 24.2. The zero-order chi connectivity index (χ0) is 44.3. The Morgan fingerprint density at radius 1 is 0.889 bits per heavy atom. The van der Waals surface area contributed by atoms with Crippen molar-refractivity contribution in [3.05, 3.63) is 89.4 Å². The van der Waals surface area contributed by atoms with E-state index in [1.807, 2.05) is 45.0 Å². The number of nitrogens with one attached hydrogen (secondary N) is 3. The van der Waals surface area contributed by atoms with Gasteiger partial charge in [0.05, 0.1) is 38.6 Å². The lowest BCUT2D eigenvalue weighted by atomic mass is 9.91. The summed E-state index contributed by atoms with van der Waals surface area (Å²) in [6, 6.07) is 18.7. The van der Waals surface area contributed by atoms with Crippen molar-refractivity contribution in [1.82, 2.24) is 30.2 Å². The minimum atomic E-state index is -3.71. The molecule has 0 aliphatic carbocycles. The average Bonchev–Trinajstić information content (AvgIpc) is 3.72. The number of aromatic nitrogens is 4. The second-order valence-electron chi connectivity index (χ2n) is 17.6. The quantitative estimate of drug-likeness (QED) is 0.0996. The van der Waals surface area contributed by atoms with Crippen molar-refractivity contribution in [2.24, 2.45) is 5.92 Å². The molecule has 6 heterocycles. The Bertz CT molecular complexity index is 2530. The largest absolute Gasteiger partial charge is 0.369 e. The third-order valence-corrected chi connectivity index (χ3v) is 14.9. The van der Waals surface area contributed by atoms with E-state index in [4.69, 9.17) is 15.0 Å². The molecular formula is C46H55FN10O4S2. The van der Waals surface area contributed by atoms with Crippen molar-refractivity contribution in [1.29, 1.82) is 0 Å². The van der Waals surface area contributed by atoms with Crippen LogP contribution in [0.5, 0.6) is 0 Å². The number of hydrogen-bond donors (Lipinski definition) is 3. The molecule has 2 aromatic carbocycles. The number of rotatable bonds is 13. The standard InChI is InChI=1S/C46H55FN10O4S2/c1-5-27-63(60,61)54-36-8-6-7-35(40(36)47)41-42(62-44(53-41)46(2,3)4)37-17-20-48-45(51-37)50-32-10-12-33(13-11-32)56-25-23-55(24-26-56)29-30-18-21-57(22-19-30)38-15-9-31(28-49-38)34-14-16-39(58)52-43(34)59/h6-13,15,17,20,28,30,34,54H,5,14,16,18-19,21-27,29H2,1-4H3,(H,48,50,51)(H,52,58,59)/t34-/m0/s1. The maximum absolute atomic E-state index is 16.1. The number of benzene rings is 2. The lowest BCUT2D eigenvalue weighted by molar-refractivity contribution is -0.134. The third kappa shape index (κ3) is 10.5. The van der Waals surface area contributed by atoms with Crippen molar-refractivity contribution in [3.63, 3.8) is 0 Å². The number of piperidine rings is 2. The SMILES string of the molecule is CCCS(=O)(=O)Nc1cccc(-c2nc(C(C)(C)C)sc2-c2ccnc(Nc3ccc(N4CCN(CC5CCN(c6ccc([C@@H]7CCC(=O)NC7=O)cn6)CC5)CC4)cc3)n2)c1F. The summed E-state index contributed by atoms with van der Waals surface area (Å²) in [6.07, 6.45) is 6.97. The Balaban J connectivity index is 0.852. The Labute approximate surface area is 372 Å². The van der Waals surface area contributed by atoms with Gasteiger partial charge in [-0.1, -0.05) is 39.8 Å². The predicted octanol–water partition coefficient (Wildman–Crippen LogP) is 7.55. The Morgan fingerprint density at radius 2 is 1.65 bits per heavy atom. The number of amides is 2. The smallest absolute Gasteiger partial charge is 0.234 e. The number of imide groups is 1. The van der Waals surface area contributed by atoms with E-state index in [9.17, 15) is 18.0 Å². The van der Waals surface area contributed by atoms with Crippen LogP contribution in [-0.4, -0.2) is 96.6 Å². The summed E-state index contributed by atoms with van der Waals surface area (Å²) >= 11 is 1.43. The molecule has 0 spiro atoms. The first-order chi connectivity index (χ1) is 30.2. The number of thiazole rings is 1. The second kappa shape index (κ2) is 18.7. The average molecular weight is 895 g/mol. The molecule has 3 aliphatic heterocycles. The van der Waals surface area contributed by atoms with Gasteiger partial charge in [-0.05, 0) is 85.7 Å². The van der Waals surface area contributed by atoms with E-state index < -0.39 is 15.8 Å². The number of sulfonamides is 1. The van der Waals surface area contributed by atoms with E-state index in [-0.39, 0.29) is 40.2 Å². The summed E-state index contributed by atoms with van der Waals surface area (Å²) in [6.45, 7) is 14.8. The van der Waals surface area contributed by atoms with Crippen molar-refractivity contribution in [3.8, 4) is 21.8 Å². The van der Waals surface area contributed by atoms with Gasteiger partial charge in [0.2, 0.25) is 27.8 Å². The fraction of sp³-hybridized carbons (Fsp3) is 0.435. The van der Waals surface area contributed by atoms with Crippen molar-refractivity contribution in [2.45, 2.75) is 71.1 Å². The van der Waals surface area contributed by atoms with E-state index in [0.717, 1.165) is 86.4 Å². The molecule has 3 aliphatic rings. The van der Waals surface area contributed by atoms with Crippen LogP contribution in [0.4, 0.5) is 33.2 Å². The molecule has 0 bridgehead atoms. The molecule has 0 unspecified atom stereocenters. The fourth-order valence-corrected chi connectivity index (χ4v) is 10.6. The van der Waals surface area contributed by atoms with Gasteiger partial charge in [0.15, 0.2) is 5.82 Å². The van der Waals surface area contributed by atoms with E-state index in [2.05, 4.69) is 47.2 Å². The monoisotopic (exact) mass is 894 g/mol. The van der Waals surface area contributed by atoms with Gasteiger partial charge < -0.3 is 15.1 Å². The van der Waals surface area contributed by atoms with Gasteiger partial charge in [-0.25, -0.2) is 32.7 Å². The molecule has 5 aromatic rings. The van der Waals surface area contributed by atoms with Crippen molar-refractivity contribution in [2.75, 3.05) is 71.4 Å². The van der Waals surface area contributed by atoms with Gasteiger partial charge in [-0.15, -0.1) is 11.3 Å². The number of piperazine rings is 1. The van der Waals surface area contributed by atoms with Gasteiger partial charge in [-0.2, -0.15) is 0 Å².